The second-order valence-corrected chi connectivity index (χ2v) is 5.82. The molecule has 1 aliphatic rings. The van der Waals surface area contributed by atoms with E-state index in [1.807, 2.05) is 11.0 Å². The molecule has 8 heteroatoms. The number of hydrogen-bond acceptors (Lipinski definition) is 6. The van der Waals surface area contributed by atoms with Crippen molar-refractivity contribution >= 4 is 11.6 Å². The third-order valence-electron chi connectivity index (χ3n) is 4.08. The molecule has 1 saturated heterocycles. The van der Waals surface area contributed by atoms with Gasteiger partial charge in [0.2, 0.25) is 11.8 Å². The van der Waals surface area contributed by atoms with Gasteiger partial charge in [0.15, 0.2) is 5.82 Å². The molecule has 0 radical (unpaired) electrons. The average molecular weight is 329 g/mol. The molecule has 1 aromatic heterocycles. The molecule has 0 spiro atoms. The predicted octanol–water partition coefficient (Wildman–Crippen LogP) is 1.63. The first-order chi connectivity index (χ1) is 11.4. The van der Waals surface area contributed by atoms with E-state index in [0.717, 1.165) is 0 Å². The van der Waals surface area contributed by atoms with Crippen LogP contribution in [0.2, 0.25) is 0 Å². The Morgan fingerprint density at radius 2 is 2.33 bits per heavy atom. The number of carbonyl (C=O) groups is 1. The summed E-state index contributed by atoms with van der Waals surface area (Å²) in [5, 5.41) is 16.1. The largest absolute Gasteiger partial charge is 0.367 e. The van der Waals surface area contributed by atoms with Gasteiger partial charge in [-0.25, -0.2) is 4.39 Å². The number of amides is 1. The summed E-state index contributed by atoms with van der Waals surface area (Å²) >= 11 is 0. The third-order valence-corrected chi connectivity index (χ3v) is 4.08. The van der Waals surface area contributed by atoms with Gasteiger partial charge in [0.05, 0.1) is 5.69 Å². The summed E-state index contributed by atoms with van der Waals surface area (Å²) in [4.78, 5) is 17.8. The van der Waals surface area contributed by atoms with Gasteiger partial charge >= 0.3 is 0 Å². The van der Waals surface area contributed by atoms with Gasteiger partial charge in [0, 0.05) is 26.9 Å². The van der Waals surface area contributed by atoms with E-state index >= 15 is 0 Å². The van der Waals surface area contributed by atoms with E-state index in [4.69, 9.17) is 4.52 Å². The number of rotatable bonds is 3. The molecule has 1 aliphatic heterocycles. The topological polar surface area (TPSA) is 95.1 Å². The smallest absolute Gasteiger partial charge is 0.223 e. The average Bonchev–Trinajstić information content (AvgIpc) is 3.14. The van der Waals surface area contributed by atoms with Crippen LogP contribution >= 0.6 is 0 Å². The van der Waals surface area contributed by atoms with Crippen LogP contribution in [0.3, 0.4) is 0 Å². The molecular formula is C16H16FN5O2. The number of nitriles is 1. The zero-order valence-electron chi connectivity index (χ0n) is 13.3. The number of benzene rings is 1. The van der Waals surface area contributed by atoms with Crippen LogP contribution in [0.15, 0.2) is 22.7 Å². The van der Waals surface area contributed by atoms with Gasteiger partial charge in [0.1, 0.15) is 23.0 Å². The van der Waals surface area contributed by atoms with Crippen LogP contribution < -0.4 is 10.2 Å². The molecule has 0 unspecified atom stereocenters. The van der Waals surface area contributed by atoms with E-state index in [-0.39, 0.29) is 11.5 Å². The lowest BCUT2D eigenvalue weighted by Gasteiger charge is -2.27. The number of nitrogens with one attached hydrogen (secondary N) is 1. The zero-order chi connectivity index (χ0) is 17.3. The third kappa shape index (κ3) is 2.69. The standard InChI is InChI=1S/C16H16FN5O2/c1-10(23)20-16(15-19-11(2)24-21-15)6-7-22(9-16)14-5-3-4-13(17)12(14)8-18/h3-5H,6-7,9H2,1-2H3,(H,20,23)/t16-/m0/s1. The molecule has 0 aliphatic carbocycles. The first-order valence-electron chi connectivity index (χ1n) is 7.48. The van der Waals surface area contributed by atoms with Gasteiger partial charge in [-0.3, -0.25) is 4.79 Å². The van der Waals surface area contributed by atoms with E-state index in [2.05, 4.69) is 15.5 Å². The number of anilines is 1. The number of carbonyl (C=O) groups excluding carboxylic acids is 1. The normalized spacial score (nSPS) is 20.0. The summed E-state index contributed by atoms with van der Waals surface area (Å²) in [5.41, 5.74) is -0.354. The molecule has 1 atom stereocenters. The van der Waals surface area contributed by atoms with E-state index in [0.29, 0.717) is 36.9 Å². The number of halogens is 1. The molecule has 0 saturated carbocycles. The maximum absolute atomic E-state index is 13.9. The van der Waals surface area contributed by atoms with E-state index in [9.17, 15) is 14.4 Å². The highest BCUT2D eigenvalue weighted by atomic mass is 19.1. The van der Waals surface area contributed by atoms with Crippen molar-refractivity contribution in [1.82, 2.24) is 15.5 Å². The molecule has 2 heterocycles. The van der Waals surface area contributed by atoms with Gasteiger partial charge in [0.25, 0.3) is 0 Å². The van der Waals surface area contributed by atoms with Gasteiger partial charge in [-0.05, 0) is 18.6 Å². The summed E-state index contributed by atoms with van der Waals surface area (Å²) in [5.74, 6) is -0.00857. The van der Waals surface area contributed by atoms with Crippen LogP contribution in [0.25, 0.3) is 0 Å². The van der Waals surface area contributed by atoms with E-state index in [1.54, 1.807) is 19.1 Å². The van der Waals surface area contributed by atoms with E-state index in [1.165, 1.54) is 13.0 Å². The molecule has 24 heavy (non-hydrogen) atoms. The highest BCUT2D eigenvalue weighted by molar-refractivity contribution is 5.74. The quantitative estimate of drug-likeness (QED) is 0.919. The molecule has 1 fully saturated rings. The molecular weight excluding hydrogens is 313 g/mol. The maximum atomic E-state index is 13.9. The Balaban J connectivity index is 1.98. The number of aryl methyl sites for hydroxylation is 1. The van der Waals surface area contributed by atoms with Crippen LogP contribution in [-0.2, 0) is 10.3 Å². The molecule has 2 aromatic rings. The summed E-state index contributed by atoms with van der Waals surface area (Å²) in [6.07, 6.45) is 0.521. The predicted molar refractivity (Wildman–Crippen MR) is 82.5 cm³/mol. The Labute approximate surface area is 138 Å². The lowest BCUT2D eigenvalue weighted by Crippen LogP contribution is -2.48. The first-order valence-corrected chi connectivity index (χ1v) is 7.48. The van der Waals surface area contributed by atoms with Crippen LogP contribution in [0.4, 0.5) is 10.1 Å². The summed E-state index contributed by atoms with van der Waals surface area (Å²) < 4.78 is 18.9. The fourth-order valence-corrected chi connectivity index (χ4v) is 3.07. The summed E-state index contributed by atoms with van der Waals surface area (Å²) in [6.45, 7) is 3.93. The van der Waals surface area contributed by atoms with Crippen molar-refractivity contribution < 1.29 is 13.7 Å². The Hall–Kier alpha value is -2.95. The molecule has 1 aromatic carbocycles. The van der Waals surface area contributed by atoms with Crippen LogP contribution in [0.1, 0.15) is 30.6 Å². The molecule has 7 nitrogen and oxygen atoms in total. The summed E-state index contributed by atoms with van der Waals surface area (Å²) in [7, 11) is 0. The monoisotopic (exact) mass is 329 g/mol. The van der Waals surface area contributed by atoms with Gasteiger partial charge in [-0.1, -0.05) is 11.2 Å². The minimum absolute atomic E-state index is 0.0135. The lowest BCUT2D eigenvalue weighted by molar-refractivity contribution is -0.120. The molecule has 124 valence electrons. The Morgan fingerprint density at radius 3 is 2.96 bits per heavy atom. The van der Waals surface area contributed by atoms with E-state index < -0.39 is 11.4 Å². The fourth-order valence-electron chi connectivity index (χ4n) is 3.07. The van der Waals surface area contributed by atoms with Gasteiger partial charge in [-0.15, -0.1) is 0 Å². The summed E-state index contributed by atoms with van der Waals surface area (Å²) in [6, 6.07) is 6.40. The highest BCUT2D eigenvalue weighted by Gasteiger charge is 2.44. The Bertz CT molecular complexity index is 828. The van der Waals surface area contributed by atoms with Crippen LogP contribution in [0.5, 0.6) is 0 Å². The Kier molecular flexibility index (Phi) is 3.93. The fraction of sp³-hybridized carbons (Fsp3) is 0.375. The van der Waals surface area contributed by atoms with Crippen molar-refractivity contribution in [3.05, 3.63) is 41.3 Å². The highest BCUT2D eigenvalue weighted by Crippen LogP contribution is 2.35. The van der Waals surface area contributed by atoms with Crippen molar-refractivity contribution in [3.8, 4) is 6.07 Å². The number of aromatic nitrogens is 2. The second-order valence-electron chi connectivity index (χ2n) is 5.82. The molecule has 0 bridgehead atoms. The van der Waals surface area contributed by atoms with Crippen LogP contribution in [-0.4, -0.2) is 29.1 Å². The minimum atomic E-state index is -0.831. The second kappa shape index (κ2) is 5.92. The molecule has 1 N–H and O–H groups in total. The molecule has 3 rings (SSSR count). The van der Waals surface area contributed by atoms with Crippen molar-refractivity contribution in [2.24, 2.45) is 0 Å². The Morgan fingerprint density at radius 1 is 1.54 bits per heavy atom. The van der Waals surface area contributed by atoms with Gasteiger partial charge in [-0.2, -0.15) is 10.2 Å². The lowest BCUT2D eigenvalue weighted by atomic mass is 9.97. The number of hydrogen-bond donors (Lipinski definition) is 1. The first kappa shape index (κ1) is 15.9. The zero-order valence-corrected chi connectivity index (χ0v) is 13.3. The van der Waals surface area contributed by atoms with Crippen molar-refractivity contribution in [1.29, 1.82) is 5.26 Å². The van der Waals surface area contributed by atoms with Gasteiger partial charge < -0.3 is 14.7 Å². The minimum Gasteiger partial charge on any atom is -0.367 e. The maximum Gasteiger partial charge on any atom is 0.223 e. The van der Waals surface area contributed by atoms with Crippen LogP contribution in [0, 0.1) is 24.1 Å². The van der Waals surface area contributed by atoms with Crippen molar-refractivity contribution in [2.45, 2.75) is 25.8 Å². The SMILES string of the molecule is CC(=O)N[C@@]1(c2noc(C)n2)CCN(c2cccc(F)c2C#N)C1. The van der Waals surface area contributed by atoms with Crippen molar-refractivity contribution in [2.75, 3.05) is 18.0 Å². The number of nitrogens with zero attached hydrogens (tertiary/aromatic N) is 4. The van der Waals surface area contributed by atoms with Crippen molar-refractivity contribution in [3.63, 3.8) is 0 Å². The molecule has 1 amide bonds.